The van der Waals surface area contributed by atoms with Gasteiger partial charge in [0.25, 0.3) is 5.56 Å². The number of methoxy groups -OCH3 is 1. The maximum absolute atomic E-state index is 13.2. The Morgan fingerprint density at radius 1 is 1.03 bits per heavy atom. The summed E-state index contributed by atoms with van der Waals surface area (Å²) in [6.45, 7) is 6.27. The second-order valence-corrected chi connectivity index (χ2v) is 9.17. The highest BCUT2D eigenvalue weighted by Crippen LogP contribution is 2.33. The lowest BCUT2D eigenvalue weighted by Gasteiger charge is -2.05. The maximum Gasteiger partial charge on any atom is 0.276 e. The average molecular weight is 519 g/mol. The molecule has 0 spiro atoms. The van der Waals surface area contributed by atoms with Crippen LogP contribution in [0.5, 0.6) is 5.75 Å². The molecule has 5 aromatic rings. The highest BCUT2D eigenvalue weighted by molar-refractivity contribution is 9.10. The Balaban J connectivity index is 1.50. The SMILES string of the molecule is COc1ccc(Br)cc1-c1nc(Cn2ccn3nc(-c4ccc(C)c(C)c4)cc3c2=O)c(C)o1. The van der Waals surface area contributed by atoms with Crippen LogP contribution in [-0.2, 0) is 6.54 Å². The summed E-state index contributed by atoms with van der Waals surface area (Å²) in [5, 5.41) is 4.60. The molecule has 0 saturated carbocycles. The Bertz CT molecular complexity index is 1600. The second-order valence-electron chi connectivity index (χ2n) is 8.26. The first kappa shape index (κ1) is 22.2. The van der Waals surface area contributed by atoms with Crippen LogP contribution in [0.25, 0.3) is 28.2 Å². The van der Waals surface area contributed by atoms with E-state index in [0.29, 0.717) is 28.6 Å². The first-order valence-electron chi connectivity index (χ1n) is 10.8. The lowest BCUT2D eigenvalue weighted by atomic mass is 10.0. The number of rotatable bonds is 5. The topological polar surface area (TPSA) is 74.6 Å². The molecule has 0 aliphatic heterocycles. The van der Waals surface area contributed by atoms with Crippen LogP contribution in [0.15, 0.2) is 68.5 Å². The van der Waals surface area contributed by atoms with E-state index in [0.717, 1.165) is 21.3 Å². The molecule has 8 heteroatoms. The van der Waals surface area contributed by atoms with Crippen LogP contribution in [0.1, 0.15) is 22.6 Å². The van der Waals surface area contributed by atoms with Gasteiger partial charge in [-0.1, -0.05) is 28.1 Å². The molecule has 2 aromatic carbocycles. The number of hydrogen-bond acceptors (Lipinski definition) is 5. The van der Waals surface area contributed by atoms with E-state index in [4.69, 9.17) is 9.15 Å². The van der Waals surface area contributed by atoms with E-state index in [1.165, 1.54) is 11.1 Å². The minimum Gasteiger partial charge on any atom is -0.496 e. The number of oxazole rings is 1. The molecule has 0 amide bonds. The van der Waals surface area contributed by atoms with E-state index in [1.807, 2.05) is 37.3 Å². The molecular weight excluding hydrogens is 496 g/mol. The lowest BCUT2D eigenvalue weighted by molar-refractivity contribution is 0.414. The molecule has 3 heterocycles. The van der Waals surface area contributed by atoms with Crippen molar-refractivity contribution in [1.82, 2.24) is 19.2 Å². The molecule has 0 N–H and O–H groups in total. The van der Waals surface area contributed by atoms with E-state index in [-0.39, 0.29) is 12.1 Å². The minimum atomic E-state index is -0.144. The normalized spacial score (nSPS) is 11.3. The van der Waals surface area contributed by atoms with Crippen molar-refractivity contribution in [2.75, 3.05) is 7.11 Å². The predicted molar refractivity (Wildman–Crippen MR) is 134 cm³/mol. The van der Waals surface area contributed by atoms with Crippen molar-refractivity contribution in [3.63, 3.8) is 0 Å². The fraction of sp³-hybridized carbons (Fsp3) is 0.192. The molecular formula is C26H23BrN4O3. The van der Waals surface area contributed by atoms with Crippen LogP contribution in [0.4, 0.5) is 0 Å². The van der Waals surface area contributed by atoms with Crippen molar-refractivity contribution in [3.05, 3.63) is 92.3 Å². The molecule has 5 rings (SSSR count). The zero-order valence-corrected chi connectivity index (χ0v) is 20.9. The summed E-state index contributed by atoms with van der Waals surface area (Å²) in [7, 11) is 1.61. The van der Waals surface area contributed by atoms with E-state index in [2.05, 4.69) is 52.0 Å². The molecule has 7 nitrogen and oxygen atoms in total. The summed E-state index contributed by atoms with van der Waals surface area (Å²) < 4.78 is 15.5. The lowest BCUT2D eigenvalue weighted by Crippen LogP contribution is -2.22. The highest BCUT2D eigenvalue weighted by atomic mass is 79.9. The van der Waals surface area contributed by atoms with Gasteiger partial charge in [-0.05, 0) is 62.2 Å². The summed E-state index contributed by atoms with van der Waals surface area (Å²) in [6.07, 6.45) is 3.51. The van der Waals surface area contributed by atoms with Gasteiger partial charge in [0.1, 0.15) is 22.7 Å². The van der Waals surface area contributed by atoms with Crippen LogP contribution in [0.2, 0.25) is 0 Å². The number of hydrogen-bond donors (Lipinski definition) is 0. The third-order valence-electron chi connectivity index (χ3n) is 6.01. The van der Waals surface area contributed by atoms with Crippen molar-refractivity contribution in [2.45, 2.75) is 27.3 Å². The van der Waals surface area contributed by atoms with E-state index in [1.54, 1.807) is 28.6 Å². The van der Waals surface area contributed by atoms with Gasteiger partial charge in [0.15, 0.2) is 0 Å². The van der Waals surface area contributed by atoms with E-state index < -0.39 is 0 Å². The Morgan fingerprint density at radius 2 is 1.85 bits per heavy atom. The maximum atomic E-state index is 13.2. The zero-order chi connectivity index (χ0) is 24.0. The van der Waals surface area contributed by atoms with Gasteiger partial charge in [-0.3, -0.25) is 4.79 Å². The first-order valence-corrected chi connectivity index (χ1v) is 11.6. The number of aromatic nitrogens is 4. The molecule has 0 bridgehead atoms. The minimum absolute atomic E-state index is 0.144. The van der Waals surface area contributed by atoms with Crippen molar-refractivity contribution in [2.24, 2.45) is 0 Å². The summed E-state index contributed by atoms with van der Waals surface area (Å²) in [5.74, 6) is 1.75. The molecule has 0 saturated heterocycles. The molecule has 34 heavy (non-hydrogen) atoms. The third-order valence-corrected chi connectivity index (χ3v) is 6.50. The van der Waals surface area contributed by atoms with Crippen molar-refractivity contribution < 1.29 is 9.15 Å². The van der Waals surface area contributed by atoms with Crippen molar-refractivity contribution in [1.29, 1.82) is 0 Å². The average Bonchev–Trinajstić information content (AvgIpc) is 3.42. The van der Waals surface area contributed by atoms with Gasteiger partial charge in [-0.2, -0.15) is 5.10 Å². The van der Waals surface area contributed by atoms with E-state index >= 15 is 0 Å². The van der Waals surface area contributed by atoms with Crippen LogP contribution >= 0.6 is 15.9 Å². The number of halogens is 1. The van der Waals surface area contributed by atoms with Gasteiger partial charge < -0.3 is 13.7 Å². The zero-order valence-electron chi connectivity index (χ0n) is 19.3. The van der Waals surface area contributed by atoms with Gasteiger partial charge in [0.05, 0.1) is 24.9 Å². The molecule has 172 valence electrons. The van der Waals surface area contributed by atoms with Crippen LogP contribution in [0, 0.1) is 20.8 Å². The Kier molecular flexibility index (Phi) is 5.61. The molecule has 0 fully saturated rings. The van der Waals surface area contributed by atoms with Gasteiger partial charge >= 0.3 is 0 Å². The first-order chi connectivity index (χ1) is 16.3. The van der Waals surface area contributed by atoms with Crippen LogP contribution < -0.4 is 10.3 Å². The fourth-order valence-corrected chi connectivity index (χ4v) is 4.25. The van der Waals surface area contributed by atoms with E-state index in [9.17, 15) is 4.79 Å². The third kappa shape index (κ3) is 3.94. The molecule has 0 unspecified atom stereocenters. The van der Waals surface area contributed by atoms with Crippen LogP contribution in [-0.4, -0.2) is 26.3 Å². The quantitative estimate of drug-likeness (QED) is 0.304. The smallest absolute Gasteiger partial charge is 0.276 e. The summed E-state index contributed by atoms with van der Waals surface area (Å²) in [4.78, 5) is 17.9. The van der Waals surface area contributed by atoms with Gasteiger partial charge in [0, 0.05) is 22.4 Å². The predicted octanol–water partition coefficient (Wildman–Crippen LogP) is 5.56. The standard InChI is InChI=1S/C26H23BrN4O3/c1-15-5-6-18(11-16(15)2)21-13-23-26(32)30(9-10-31(23)29-21)14-22-17(3)34-25(28-22)20-12-19(27)7-8-24(20)33-4/h5-13H,14H2,1-4H3. The van der Waals surface area contributed by atoms with Crippen molar-refractivity contribution >= 4 is 21.4 Å². The molecule has 3 aromatic heterocycles. The monoisotopic (exact) mass is 518 g/mol. The molecule has 0 radical (unpaired) electrons. The highest BCUT2D eigenvalue weighted by Gasteiger charge is 2.17. The summed E-state index contributed by atoms with van der Waals surface area (Å²) >= 11 is 3.48. The summed E-state index contributed by atoms with van der Waals surface area (Å²) in [5.41, 5.74) is 5.93. The number of fused-ring (bicyclic) bond motifs is 1. The number of benzene rings is 2. The van der Waals surface area contributed by atoms with Crippen LogP contribution in [0.3, 0.4) is 0 Å². The van der Waals surface area contributed by atoms with Gasteiger partial charge in [0.2, 0.25) is 5.89 Å². The van der Waals surface area contributed by atoms with Gasteiger partial charge in [-0.25, -0.2) is 9.50 Å². The second kappa shape index (κ2) is 8.61. The number of ether oxygens (including phenoxy) is 1. The molecule has 0 aliphatic rings. The summed E-state index contributed by atoms with van der Waals surface area (Å²) in [6, 6.07) is 13.7. The molecule has 0 atom stereocenters. The Hall–Kier alpha value is -3.65. The Labute approximate surface area is 204 Å². The number of nitrogens with zero attached hydrogens (tertiary/aromatic N) is 4. The fourth-order valence-electron chi connectivity index (χ4n) is 3.89. The Morgan fingerprint density at radius 3 is 2.62 bits per heavy atom. The van der Waals surface area contributed by atoms with Gasteiger partial charge in [-0.15, -0.1) is 0 Å². The molecule has 0 aliphatic carbocycles. The number of aryl methyl sites for hydroxylation is 3. The van der Waals surface area contributed by atoms with Crippen molar-refractivity contribution in [3.8, 4) is 28.5 Å². The largest absolute Gasteiger partial charge is 0.496 e.